The number of hydrogen-bond acceptors (Lipinski definition) is 3. The van der Waals surface area contributed by atoms with Crippen molar-refractivity contribution in [2.45, 2.75) is 63.3 Å². The van der Waals surface area contributed by atoms with Crippen LogP contribution in [0, 0.1) is 0 Å². The molecule has 2 aliphatic carbocycles. The number of rotatable bonds is 6. The first-order valence-electron chi connectivity index (χ1n) is 8.70. The van der Waals surface area contributed by atoms with Gasteiger partial charge in [-0.15, -0.1) is 0 Å². The zero-order valence-electron chi connectivity index (χ0n) is 13.8. The maximum atomic E-state index is 12.3. The number of carboxylic acids is 1. The first-order chi connectivity index (χ1) is 11.5. The Morgan fingerprint density at radius 2 is 1.71 bits per heavy atom. The number of ketones is 1. The van der Waals surface area contributed by atoms with Crippen molar-refractivity contribution in [2.75, 3.05) is 0 Å². The molecule has 1 amide bonds. The Bertz CT molecular complexity index is 674. The van der Waals surface area contributed by atoms with E-state index in [1.165, 1.54) is 11.1 Å². The molecule has 0 aliphatic heterocycles. The zero-order valence-corrected chi connectivity index (χ0v) is 13.8. The number of amides is 1. The van der Waals surface area contributed by atoms with Crippen molar-refractivity contribution >= 4 is 17.7 Å². The van der Waals surface area contributed by atoms with Crippen LogP contribution >= 0.6 is 0 Å². The van der Waals surface area contributed by atoms with Gasteiger partial charge in [0.05, 0.1) is 0 Å². The standard InChI is InChI=1S/C19H23NO4/c21-16(15-7-6-13-4-3-5-14(13)12-15)8-9-17(22)20-19(18(23)24)10-1-2-11-19/h6-7,12H,1-5,8-11H2,(H,20,22)(H,23,24). The number of carbonyl (C=O) groups is 3. The summed E-state index contributed by atoms with van der Waals surface area (Å²) < 4.78 is 0. The van der Waals surface area contributed by atoms with Crippen LogP contribution in [0.5, 0.6) is 0 Å². The molecule has 1 saturated carbocycles. The number of aliphatic carboxylic acids is 1. The van der Waals surface area contributed by atoms with E-state index in [0.717, 1.165) is 32.1 Å². The van der Waals surface area contributed by atoms with Crippen molar-refractivity contribution in [2.24, 2.45) is 0 Å². The Morgan fingerprint density at radius 3 is 2.42 bits per heavy atom. The molecule has 2 N–H and O–H groups in total. The highest BCUT2D eigenvalue weighted by atomic mass is 16.4. The van der Waals surface area contributed by atoms with E-state index in [0.29, 0.717) is 18.4 Å². The molecule has 0 radical (unpaired) electrons. The Kier molecular flexibility index (Phi) is 4.69. The van der Waals surface area contributed by atoms with Gasteiger partial charge >= 0.3 is 5.97 Å². The summed E-state index contributed by atoms with van der Waals surface area (Å²) in [6.45, 7) is 0. The highest BCUT2D eigenvalue weighted by Crippen LogP contribution is 2.30. The first-order valence-corrected chi connectivity index (χ1v) is 8.70. The predicted octanol–water partition coefficient (Wildman–Crippen LogP) is 2.65. The van der Waals surface area contributed by atoms with Gasteiger partial charge in [0.1, 0.15) is 5.54 Å². The molecule has 0 heterocycles. The lowest BCUT2D eigenvalue weighted by atomic mass is 9.97. The van der Waals surface area contributed by atoms with Crippen molar-refractivity contribution in [3.63, 3.8) is 0 Å². The molecule has 5 heteroatoms. The lowest BCUT2D eigenvalue weighted by molar-refractivity contribution is -0.147. The number of benzene rings is 1. The van der Waals surface area contributed by atoms with E-state index in [1.807, 2.05) is 18.2 Å². The summed E-state index contributed by atoms with van der Waals surface area (Å²) in [5.74, 6) is -1.39. The van der Waals surface area contributed by atoms with Gasteiger partial charge in [-0.1, -0.05) is 25.0 Å². The Balaban J connectivity index is 1.56. The van der Waals surface area contributed by atoms with Gasteiger partial charge < -0.3 is 10.4 Å². The summed E-state index contributed by atoms with van der Waals surface area (Å²) in [4.78, 5) is 35.9. The largest absolute Gasteiger partial charge is 0.480 e. The average molecular weight is 329 g/mol. The minimum atomic E-state index is -1.13. The van der Waals surface area contributed by atoms with Gasteiger partial charge in [-0.2, -0.15) is 0 Å². The van der Waals surface area contributed by atoms with E-state index >= 15 is 0 Å². The molecule has 128 valence electrons. The fourth-order valence-corrected chi connectivity index (χ4v) is 3.82. The van der Waals surface area contributed by atoms with Gasteiger partial charge in [0.2, 0.25) is 5.91 Å². The van der Waals surface area contributed by atoms with Crippen molar-refractivity contribution < 1.29 is 19.5 Å². The topological polar surface area (TPSA) is 83.5 Å². The fourth-order valence-electron chi connectivity index (χ4n) is 3.82. The normalized spacial score (nSPS) is 18.2. The van der Waals surface area contributed by atoms with Crippen molar-refractivity contribution in [1.29, 1.82) is 0 Å². The zero-order chi connectivity index (χ0) is 17.2. The molecule has 0 aromatic heterocycles. The van der Waals surface area contributed by atoms with Gasteiger partial charge in [-0.3, -0.25) is 9.59 Å². The average Bonchev–Trinajstić information content (AvgIpc) is 3.21. The Hall–Kier alpha value is -2.17. The smallest absolute Gasteiger partial charge is 0.329 e. The van der Waals surface area contributed by atoms with Crippen molar-refractivity contribution in [3.8, 4) is 0 Å². The van der Waals surface area contributed by atoms with E-state index in [-0.39, 0.29) is 24.5 Å². The maximum absolute atomic E-state index is 12.3. The van der Waals surface area contributed by atoms with Crippen LogP contribution in [0.2, 0.25) is 0 Å². The minimum absolute atomic E-state index is 0.0327. The molecule has 0 bridgehead atoms. The Labute approximate surface area is 141 Å². The summed E-state index contributed by atoms with van der Waals surface area (Å²) in [7, 11) is 0. The molecule has 1 aromatic rings. The van der Waals surface area contributed by atoms with Crippen LogP contribution in [-0.4, -0.2) is 28.3 Å². The van der Waals surface area contributed by atoms with Crippen LogP contribution < -0.4 is 5.32 Å². The summed E-state index contributed by atoms with van der Waals surface area (Å²) in [6.07, 6.45) is 5.90. The van der Waals surface area contributed by atoms with Crippen molar-refractivity contribution in [1.82, 2.24) is 5.32 Å². The highest BCUT2D eigenvalue weighted by Gasteiger charge is 2.42. The van der Waals surface area contributed by atoms with E-state index in [2.05, 4.69) is 5.32 Å². The molecular weight excluding hydrogens is 306 g/mol. The molecular formula is C19H23NO4. The predicted molar refractivity (Wildman–Crippen MR) is 89.0 cm³/mol. The van der Waals surface area contributed by atoms with Crippen LogP contribution in [0.4, 0.5) is 0 Å². The first kappa shape index (κ1) is 16.7. The molecule has 0 unspecified atom stereocenters. The van der Waals surface area contributed by atoms with Gasteiger partial charge in [0.25, 0.3) is 0 Å². The summed E-state index contributed by atoms with van der Waals surface area (Å²) >= 11 is 0. The van der Waals surface area contributed by atoms with Crippen LogP contribution in [0.3, 0.4) is 0 Å². The molecule has 0 spiro atoms. The third-order valence-electron chi connectivity index (χ3n) is 5.24. The number of fused-ring (bicyclic) bond motifs is 1. The second-order valence-electron chi connectivity index (χ2n) is 6.90. The number of carboxylic acid groups (broad SMARTS) is 1. The third-order valence-corrected chi connectivity index (χ3v) is 5.24. The summed E-state index contributed by atoms with van der Waals surface area (Å²) in [6, 6.07) is 5.78. The Morgan fingerprint density at radius 1 is 1.00 bits per heavy atom. The van der Waals surface area contributed by atoms with Crippen LogP contribution in [-0.2, 0) is 22.4 Å². The highest BCUT2D eigenvalue weighted by molar-refractivity contribution is 5.98. The molecule has 5 nitrogen and oxygen atoms in total. The molecule has 2 aliphatic rings. The quantitative estimate of drug-likeness (QED) is 0.786. The lowest BCUT2D eigenvalue weighted by Gasteiger charge is -2.25. The maximum Gasteiger partial charge on any atom is 0.329 e. The van der Waals surface area contributed by atoms with E-state index in [4.69, 9.17) is 0 Å². The number of nitrogens with one attached hydrogen (secondary N) is 1. The molecule has 1 fully saturated rings. The van der Waals surface area contributed by atoms with Crippen LogP contribution in [0.25, 0.3) is 0 Å². The fraction of sp³-hybridized carbons (Fsp3) is 0.526. The van der Waals surface area contributed by atoms with Crippen molar-refractivity contribution in [3.05, 3.63) is 34.9 Å². The van der Waals surface area contributed by atoms with Crippen LogP contribution in [0.15, 0.2) is 18.2 Å². The molecule has 1 aromatic carbocycles. The molecule has 0 atom stereocenters. The number of Topliss-reactive ketones (excluding diaryl/α,β-unsaturated/α-hetero) is 1. The molecule has 24 heavy (non-hydrogen) atoms. The lowest BCUT2D eigenvalue weighted by Crippen LogP contribution is -2.52. The van der Waals surface area contributed by atoms with E-state index < -0.39 is 11.5 Å². The second kappa shape index (κ2) is 6.75. The van der Waals surface area contributed by atoms with E-state index in [9.17, 15) is 19.5 Å². The number of aryl methyl sites for hydroxylation is 2. The van der Waals surface area contributed by atoms with Gasteiger partial charge in [0.15, 0.2) is 5.78 Å². The summed E-state index contributed by atoms with van der Waals surface area (Å²) in [5, 5.41) is 12.0. The minimum Gasteiger partial charge on any atom is -0.480 e. The summed E-state index contributed by atoms with van der Waals surface area (Å²) in [5.41, 5.74) is 2.07. The molecule has 0 saturated heterocycles. The van der Waals surface area contributed by atoms with Gasteiger partial charge in [-0.25, -0.2) is 4.79 Å². The monoisotopic (exact) mass is 329 g/mol. The number of carbonyl (C=O) groups excluding carboxylic acids is 2. The van der Waals surface area contributed by atoms with E-state index in [1.54, 1.807) is 0 Å². The van der Waals surface area contributed by atoms with Crippen LogP contribution in [0.1, 0.15) is 66.4 Å². The number of hydrogen-bond donors (Lipinski definition) is 2. The van der Waals surface area contributed by atoms with Gasteiger partial charge in [-0.05, 0) is 49.3 Å². The second-order valence-corrected chi connectivity index (χ2v) is 6.90. The molecule has 3 rings (SSSR count). The SMILES string of the molecule is O=C(CCC(=O)c1ccc2c(c1)CCC2)NC1(C(=O)O)CCCC1. The van der Waals surface area contributed by atoms with Gasteiger partial charge in [0, 0.05) is 18.4 Å². The third kappa shape index (κ3) is 3.35.